The fourth-order valence-corrected chi connectivity index (χ4v) is 5.31. The van der Waals surface area contributed by atoms with Crippen molar-refractivity contribution in [2.45, 2.75) is 30.6 Å². The molecule has 0 saturated carbocycles. The third-order valence-corrected chi connectivity index (χ3v) is 7.67. The van der Waals surface area contributed by atoms with Gasteiger partial charge in [-0.15, -0.1) is 0 Å². The van der Waals surface area contributed by atoms with Crippen LogP contribution in [0.2, 0.25) is 0 Å². The number of rotatable bonds is 9. The van der Waals surface area contributed by atoms with Gasteiger partial charge in [0.2, 0.25) is 15.9 Å². The molecule has 0 heterocycles. The molecule has 2 N–H and O–H groups in total. The normalized spacial score (nSPS) is 11.9. The Labute approximate surface area is 177 Å². The number of sulfonamides is 2. The second kappa shape index (κ2) is 9.45. The van der Waals surface area contributed by atoms with E-state index in [0.717, 1.165) is 0 Å². The first-order valence-electron chi connectivity index (χ1n) is 9.13. The van der Waals surface area contributed by atoms with Crippen LogP contribution >= 0.6 is 0 Å². The van der Waals surface area contributed by atoms with Crippen molar-refractivity contribution in [3.63, 3.8) is 0 Å². The van der Waals surface area contributed by atoms with Crippen LogP contribution in [0, 0.1) is 0 Å². The minimum atomic E-state index is -4.04. The van der Waals surface area contributed by atoms with Gasteiger partial charge in [-0.3, -0.25) is 9.52 Å². The van der Waals surface area contributed by atoms with Crippen LogP contribution in [0.1, 0.15) is 20.8 Å². The summed E-state index contributed by atoms with van der Waals surface area (Å²) < 4.78 is 60.0. The maximum atomic E-state index is 12.8. The molecule has 9 nitrogen and oxygen atoms in total. The van der Waals surface area contributed by atoms with Crippen LogP contribution < -0.4 is 14.8 Å². The highest BCUT2D eigenvalue weighted by Gasteiger charge is 2.24. The van der Waals surface area contributed by atoms with Gasteiger partial charge >= 0.3 is 0 Å². The van der Waals surface area contributed by atoms with Gasteiger partial charge in [0.25, 0.3) is 10.0 Å². The number of amides is 1. The number of hydrogen-bond acceptors (Lipinski definition) is 6. The lowest BCUT2D eigenvalue weighted by Gasteiger charge is -2.20. The van der Waals surface area contributed by atoms with Crippen LogP contribution in [-0.2, 0) is 24.8 Å². The standard InChI is InChI=1S/C19H25N3O6S2/c1-5-22(6-2)30(26,27)17-11-12-19(28-4)18(13-17)21-29(24,25)16-9-7-15(8-10-16)20-14(3)23/h7-13,21H,5-6H2,1-4H3,(H,20,23). The summed E-state index contributed by atoms with van der Waals surface area (Å²) in [6.07, 6.45) is 0. The van der Waals surface area contributed by atoms with Crippen molar-refractivity contribution < 1.29 is 26.4 Å². The molecule has 0 aromatic heterocycles. The molecule has 30 heavy (non-hydrogen) atoms. The first-order valence-corrected chi connectivity index (χ1v) is 12.1. The van der Waals surface area contributed by atoms with E-state index in [0.29, 0.717) is 5.69 Å². The molecule has 2 aromatic rings. The van der Waals surface area contributed by atoms with E-state index in [4.69, 9.17) is 4.74 Å². The summed E-state index contributed by atoms with van der Waals surface area (Å²) in [5, 5.41) is 2.55. The minimum absolute atomic E-state index is 0.00308. The van der Waals surface area contributed by atoms with Gasteiger partial charge in [-0.2, -0.15) is 4.31 Å². The highest BCUT2D eigenvalue weighted by molar-refractivity contribution is 7.92. The second-order valence-electron chi connectivity index (χ2n) is 6.26. The van der Waals surface area contributed by atoms with Gasteiger partial charge in [-0.1, -0.05) is 13.8 Å². The number of hydrogen-bond donors (Lipinski definition) is 2. The van der Waals surface area contributed by atoms with Crippen molar-refractivity contribution in [2.24, 2.45) is 0 Å². The van der Waals surface area contributed by atoms with Gasteiger partial charge in [0, 0.05) is 25.7 Å². The molecule has 0 radical (unpaired) electrons. The predicted octanol–water partition coefficient (Wildman–Crippen LogP) is 2.48. The topological polar surface area (TPSA) is 122 Å². The largest absolute Gasteiger partial charge is 0.495 e. The third-order valence-electron chi connectivity index (χ3n) is 4.24. The van der Waals surface area contributed by atoms with Crippen LogP contribution in [0.25, 0.3) is 0 Å². The zero-order chi connectivity index (χ0) is 22.5. The third kappa shape index (κ3) is 5.29. The Morgan fingerprint density at radius 1 is 0.967 bits per heavy atom. The number of anilines is 2. The predicted molar refractivity (Wildman–Crippen MR) is 115 cm³/mol. The van der Waals surface area contributed by atoms with E-state index in [1.165, 1.54) is 60.8 Å². The van der Waals surface area contributed by atoms with Gasteiger partial charge < -0.3 is 10.1 Å². The molecular weight excluding hydrogens is 430 g/mol. The molecule has 0 spiro atoms. The highest BCUT2D eigenvalue weighted by Crippen LogP contribution is 2.31. The fraction of sp³-hybridized carbons (Fsp3) is 0.316. The lowest BCUT2D eigenvalue weighted by molar-refractivity contribution is -0.114. The Bertz CT molecular complexity index is 1110. The number of nitrogens with zero attached hydrogens (tertiary/aromatic N) is 1. The SMILES string of the molecule is CCN(CC)S(=O)(=O)c1ccc(OC)c(NS(=O)(=O)c2ccc(NC(C)=O)cc2)c1. The summed E-state index contributed by atoms with van der Waals surface area (Å²) in [6, 6.07) is 9.56. The van der Waals surface area contributed by atoms with Crippen molar-refractivity contribution in [1.29, 1.82) is 0 Å². The van der Waals surface area contributed by atoms with Crippen molar-refractivity contribution >= 4 is 37.3 Å². The minimum Gasteiger partial charge on any atom is -0.495 e. The summed E-state index contributed by atoms with van der Waals surface area (Å²) in [7, 11) is -6.46. The van der Waals surface area contributed by atoms with Crippen LogP contribution in [0.5, 0.6) is 5.75 Å². The lowest BCUT2D eigenvalue weighted by Crippen LogP contribution is -2.30. The lowest BCUT2D eigenvalue weighted by atomic mass is 10.3. The van der Waals surface area contributed by atoms with E-state index in [2.05, 4.69) is 10.0 Å². The zero-order valence-electron chi connectivity index (χ0n) is 17.2. The molecule has 0 aliphatic carbocycles. The molecular formula is C19H25N3O6S2. The summed E-state index contributed by atoms with van der Waals surface area (Å²) in [4.78, 5) is 11.0. The average Bonchev–Trinajstić information content (AvgIpc) is 2.68. The van der Waals surface area contributed by atoms with Gasteiger partial charge in [-0.25, -0.2) is 16.8 Å². The monoisotopic (exact) mass is 455 g/mol. The maximum absolute atomic E-state index is 12.8. The summed E-state index contributed by atoms with van der Waals surface area (Å²) in [6.45, 7) is 5.36. The summed E-state index contributed by atoms with van der Waals surface area (Å²) >= 11 is 0. The Kier molecular flexibility index (Phi) is 7.45. The van der Waals surface area contributed by atoms with Gasteiger partial charge in [0.15, 0.2) is 0 Å². The van der Waals surface area contributed by atoms with Crippen molar-refractivity contribution in [3.8, 4) is 5.75 Å². The second-order valence-corrected chi connectivity index (χ2v) is 9.88. The Morgan fingerprint density at radius 2 is 1.53 bits per heavy atom. The molecule has 2 aromatic carbocycles. The first-order chi connectivity index (χ1) is 14.0. The molecule has 11 heteroatoms. The molecule has 0 saturated heterocycles. The molecule has 0 bridgehead atoms. The average molecular weight is 456 g/mol. The smallest absolute Gasteiger partial charge is 0.262 e. The van der Waals surface area contributed by atoms with E-state index >= 15 is 0 Å². The molecule has 1 amide bonds. The number of ether oxygens (including phenoxy) is 1. The fourth-order valence-electron chi connectivity index (χ4n) is 2.76. The van der Waals surface area contributed by atoms with Crippen LogP contribution in [0.15, 0.2) is 52.3 Å². The van der Waals surface area contributed by atoms with Gasteiger partial charge in [-0.05, 0) is 42.5 Å². The maximum Gasteiger partial charge on any atom is 0.262 e. The van der Waals surface area contributed by atoms with Crippen LogP contribution in [0.3, 0.4) is 0 Å². The molecule has 0 aliphatic rings. The number of nitrogens with one attached hydrogen (secondary N) is 2. The quantitative estimate of drug-likeness (QED) is 0.599. The van der Waals surface area contributed by atoms with Crippen molar-refractivity contribution in [3.05, 3.63) is 42.5 Å². The van der Waals surface area contributed by atoms with E-state index < -0.39 is 20.0 Å². The number of carbonyl (C=O) groups excluding carboxylic acids is 1. The summed E-state index contributed by atoms with van der Waals surface area (Å²) in [5.41, 5.74) is 0.447. The molecule has 0 fully saturated rings. The molecule has 2 rings (SSSR count). The van der Waals surface area contributed by atoms with E-state index in [-0.39, 0.29) is 40.2 Å². The number of methoxy groups -OCH3 is 1. The molecule has 164 valence electrons. The van der Waals surface area contributed by atoms with Crippen molar-refractivity contribution in [1.82, 2.24) is 4.31 Å². The van der Waals surface area contributed by atoms with Crippen LogP contribution in [-0.4, -0.2) is 47.2 Å². The number of benzene rings is 2. The van der Waals surface area contributed by atoms with Crippen LogP contribution in [0.4, 0.5) is 11.4 Å². The summed E-state index contributed by atoms with van der Waals surface area (Å²) in [5.74, 6) is -0.105. The van der Waals surface area contributed by atoms with E-state index in [1.807, 2.05) is 0 Å². The van der Waals surface area contributed by atoms with E-state index in [9.17, 15) is 21.6 Å². The Balaban J connectivity index is 2.42. The highest BCUT2D eigenvalue weighted by atomic mass is 32.2. The van der Waals surface area contributed by atoms with Crippen molar-refractivity contribution in [2.75, 3.05) is 30.2 Å². The Hall–Kier alpha value is -2.63. The molecule has 0 atom stereocenters. The van der Waals surface area contributed by atoms with Gasteiger partial charge in [0.1, 0.15) is 5.75 Å². The number of carbonyl (C=O) groups is 1. The van der Waals surface area contributed by atoms with Gasteiger partial charge in [0.05, 0.1) is 22.6 Å². The molecule has 0 unspecified atom stereocenters. The zero-order valence-corrected chi connectivity index (χ0v) is 18.8. The first kappa shape index (κ1) is 23.6. The Morgan fingerprint density at radius 3 is 2.03 bits per heavy atom. The molecule has 0 aliphatic heterocycles. The van der Waals surface area contributed by atoms with E-state index in [1.54, 1.807) is 13.8 Å².